The number of carbonyl (C=O) groups excluding carboxylic acids is 1. The molecule has 2 N–H and O–H groups in total. The maximum Gasteiger partial charge on any atom is 0.338 e. The van der Waals surface area contributed by atoms with Crippen LogP contribution < -0.4 is 4.90 Å². The van der Waals surface area contributed by atoms with Crippen molar-refractivity contribution in [2.45, 2.75) is 26.3 Å². The number of carboxylic acid groups (broad SMARTS) is 1. The Balaban J connectivity index is 1.66. The summed E-state index contributed by atoms with van der Waals surface area (Å²) >= 11 is 1.23. The second-order valence-electron chi connectivity index (χ2n) is 8.04. The van der Waals surface area contributed by atoms with Crippen LogP contribution in [0.4, 0.5) is 9.80 Å². The standard InChI is InChI=1S/C25H26N6O3S/c1-3-4-13-31(25(34)30(2)23-20(24(32)33)12-14-35-23)16-17-10-11-19(18-8-6-5-7-9-18)21(15-17)22-26-28-29-27-22/h5-12,14-15H,3-4,13,16H2,1-2H3,(H,32,33)(H,26,27,28,29). The number of anilines is 1. The van der Waals surface area contributed by atoms with Crippen LogP contribution in [0.15, 0.2) is 60.0 Å². The summed E-state index contributed by atoms with van der Waals surface area (Å²) in [6.07, 6.45) is 1.75. The van der Waals surface area contributed by atoms with Crippen molar-refractivity contribution in [1.82, 2.24) is 25.5 Å². The zero-order valence-corrected chi connectivity index (χ0v) is 20.3. The number of nitrogens with one attached hydrogen (secondary N) is 1. The predicted molar refractivity (Wildman–Crippen MR) is 135 cm³/mol. The third kappa shape index (κ3) is 5.38. The van der Waals surface area contributed by atoms with Crippen molar-refractivity contribution < 1.29 is 14.7 Å². The minimum atomic E-state index is -1.05. The Bertz CT molecular complexity index is 1290. The van der Waals surface area contributed by atoms with Gasteiger partial charge in [0.25, 0.3) is 0 Å². The number of nitrogens with zero attached hydrogens (tertiary/aromatic N) is 5. The number of rotatable bonds is 9. The summed E-state index contributed by atoms with van der Waals surface area (Å²) in [5, 5.41) is 26.1. The van der Waals surface area contributed by atoms with Crippen LogP contribution in [0, 0.1) is 0 Å². The van der Waals surface area contributed by atoms with Gasteiger partial charge in [-0.1, -0.05) is 55.8 Å². The van der Waals surface area contributed by atoms with Crippen molar-refractivity contribution in [3.05, 3.63) is 71.1 Å². The maximum absolute atomic E-state index is 13.5. The number of benzene rings is 2. The van der Waals surface area contributed by atoms with Gasteiger partial charge in [-0.05, 0) is 45.8 Å². The second-order valence-corrected chi connectivity index (χ2v) is 8.94. The molecule has 0 aliphatic carbocycles. The third-order valence-corrected chi connectivity index (χ3v) is 6.64. The first-order valence-electron chi connectivity index (χ1n) is 11.2. The summed E-state index contributed by atoms with van der Waals surface area (Å²) < 4.78 is 0. The quantitative estimate of drug-likeness (QED) is 0.335. The number of hydrogen-bond acceptors (Lipinski definition) is 6. The smallest absolute Gasteiger partial charge is 0.338 e. The molecule has 180 valence electrons. The Morgan fingerprint density at radius 1 is 1.09 bits per heavy atom. The first-order valence-corrected chi connectivity index (χ1v) is 12.1. The number of H-pyrrole nitrogens is 1. The van der Waals surface area contributed by atoms with E-state index < -0.39 is 5.97 Å². The number of carboxylic acids is 1. The molecule has 0 saturated heterocycles. The summed E-state index contributed by atoms with van der Waals surface area (Å²) in [6.45, 7) is 2.97. The molecule has 0 unspecified atom stereocenters. The Morgan fingerprint density at radius 3 is 2.57 bits per heavy atom. The van der Waals surface area contributed by atoms with Gasteiger partial charge in [-0.2, -0.15) is 5.21 Å². The van der Waals surface area contributed by atoms with Gasteiger partial charge in [-0.3, -0.25) is 4.90 Å². The predicted octanol–water partition coefficient (Wildman–Crippen LogP) is 5.15. The van der Waals surface area contributed by atoms with Crippen LogP contribution in [0.1, 0.15) is 35.7 Å². The highest BCUT2D eigenvalue weighted by molar-refractivity contribution is 7.14. The van der Waals surface area contributed by atoms with Crippen LogP contribution in [-0.4, -0.2) is 56.2 Å². The number of hydrogen-bond donors (Lipinski definition) is 2. The fourth-order valence-corrected chi connectivity index (χ4v) is 4.71. The molecule has 0 spiro atoms. The van der Waals surface area contributed by atoms with Crippen LogP contribution in [0.3, 0.4) is 0 Å². The normalized spacial score (nSPS) is 10.8. The lowest BCUT2D eigenvalue weighted by Gasteiger charge is -2.28. The van der Waals surface area contributed by atoms with Gasteiger partial charge in [-0.15, -0.1) is 21.5 Å². The van der Waals surface area contributed by atoms with Crippen LogP contribution in [0.25, 0.3) is 22.5 Å². The Morgan fingerprint density at radius 2 is 1.89 bits per heavy atom. The third-order valence-electron chi connectivity index (χ3n) is 5.65. The molecule has 0 atom stereocenters. The second kappa shape index (κ2) is 10.9. The van der Waals surface area contributed by atoms with Gasteiger partial charge >= 0.3 is 12.0 Å². The van der Waals surface area contributed by atoms with Crippen molar-refractivity contribution in [3.8, 4) is 22.5 Å². The molecule has 35 heavy (non-hydrogen) atoms. The van der Waals surface area contributed by atoms with Crippen LogP contribution >= 0.6 is 11.3 Å². The molecular formula is C25H26N6O3S. The number of aromatic nitrogens is 4. The van der Waals surface area contributed by atoms with Crippen molar-refractivity contribution in [1.29, 1.82) is 0 Å². The van der Waals surface area contributed by atoms with Crippen molar-refractivity contribution in [2.24, 2.45) is 0 Å². The highest BCUT2D eigenvalue weighted by atomic mass is 32.1. The lowest BCUT2D eigenvalue weighted by molar-refractivity contribution is 0.0698. The van der Waals surface area contributed by atoms with Gasteiger partial charge in [0.2, 0.25) is 5.82 Å². The molecule has 2 aromatic carbocycles. The van der Waals surface area contributed by atoms with Crippen molar-refractivity contribution in [3.63, 3.8) is 0 Å². The number of carbonyl (C=O) groups is 2. The van der Waals surface area contributed by atoms with E-state index in [1.54, 1.807) is 17.3 Å². The summed E-state index contributed by atoms with van der Waals surface area (Å²) in [5.74, 6) is -0.582. The van der Waals surface area contributed by atoms with Crippen molar-refractivity contribution in [2.75, 3.05) is 18.5 Å². The van der Waals surface area contributed by atoms with Gasteiger partial charge < -0.3 is 10.0 Å². The molecule has 9 nitrogen and oxygen atoms in total. The molecule has 4 aromatic rings. The van der Waals surface area contributed by atoms with E-state index in [1.165, 1.54) is 22.3 Å². The van der Waals surface area contributed by atoms with Crippen LogP contribution in [-0.2, 0) is 6.54 Å². The summed E-state index contributed by atoms with van der Waals surface area (Å²) in [7, 11) is 1.61. The number of aromatic amines is 1. The fourth-order valence-electron chi connectivity index (χ4n) is 3.85. The van der Waals surface area contributed by atoms with E-state index in [-0.39, 0.29) is 11.6 Å². The molecule has 0 bridgehead atoms. The van der Waals surface area contributed by atoms with E-state index in [0.29, 0.717) is 23.9 Å². The fraction of sp³-hybridized carbons (Fsp3) is 0.240. The highest BCUT2D eigenvalue weighted by Crippen LogP contribution is 2.32. The molecular weight excluding hydrogens is 464 g/mol. The summed E-state index contributed by atoms with van der Waals surface area (Å²) in [6, 6.07) is 17.2. The number of urea groups is 1. The highest BCUT2D eigenvalue weighted by Gasteiger charge is 2.24. The van der Waals surface area contributed by atoms with Gasteiger partial charge in [0.1, 0.15) is 5.00 Å². The van der Waals surface area contributed by atoms with Crippen LogP contribution in [0.5, 0.6) is 0 Å². The van der Waals surface area contributed by atoms with Gasteiger partial charge in [-0.25, -0.2) is 9.59 Å². The first-order chi connectivity index (χ1) is 17.0. The molecule has 4 rings (SSSR count). The van der Waals surface area contributed by atoms with E-state index in [4.69, 9.17) is 0 Å². The SMILES string of the molecule is CCCCN(Cc1ccc(-c2ccccc2)c(-c2nn[nH]n2)c1)C(=O)N(C)c1sccc1C(=O)O. The minimum absolute atomic E-state index is 0.118. The average Bonchev–Trinajstić information content (AvgIpc) is 3.59. The maximum atomic E-state index is 13.5. The molecule has 2 aromatic heterocycles. The monoisotopic (exact) mass is 490 g/mol. The molecule has 10 heteroatoms. The van der Waals surface area contributed by atoms with Crippen LogP contribution in [0.2, 0.25) is 0 Å². The zero-order valence-electron chi connectivity index (χ0n) is 19.5. The number of unbranched alkanes of at least 4 members (excludes halogenated alkanes) is 1. The Kier molecular flexibility index (Phi) is 7.51. The summed E-state index contributed by atoms with van der Waals surface area (Å²) in [5.41, 5.74) is 3.82. The Hall–Kier alpha value is -4.05. The lowest BCUT2D eigenvalue weighted by Crippen LogP contribution is -2.41. The molecule has 0 aliphatic heterocycles. The molecule has 0 fully saturated rings. The van der Waals surface area contributed by atoms with E-state index in [9.17, 15) is 14.7 Å². The van der Waals surface area contributed by atoms with E-state index >= 15 is 0 Å². The molecule has 2 heterocycles. The first kappa shape index (κ1) is 24.1. The topological polar surface area (TPSA) is 115 Å². The van der Waals surface area contributed by atoms with Crippen molar-refractivity contribution >= 4 is 28.3 Å². The van der Waals surface area contributed by atoms with E-state index in [1.807, 2.05) is 48.5 Å². The van der Waals surface area contributed by atoms with Gasteiger partial charge in [0.15, 0.2) is 0 Å². The molecule has 0 saturated carbocycles. The number of thiophene rings is 1. The zero-order chi connectivity index (χ0) is 24.8. The van der Waals surface area contributed by atoms with Gasteiger partial charge in [0, 0.05) is 25.7 Å². The largest absolute Gasteiger partial charge is 0.478 e. The molecule has 0 aliphatic rings. The molecule has 2 amide bonds. The van der Waals surface area contributed by atoms with E-state index in [0.717, 1.165) is 35.1 Å². The van der Waals surface area contributed by atoms with E-state index in [2.05, 4.69) is 27.5 Å². The number of aromatic carboxylic acids is 1. The number of tetrazole rings is 1. The Labute approximate surface area is 207 Å². The average molecular weight is 491 g/mol. The summed E-state index contributed by atoms with van der Waals surface area (Å²) in [4.78, 5) is 28.2. The number of amides is 2. The molecule has 0 radical (unpaired) electrons. The minimum Gasteiger partial charge on any atom is -0.478 e. The van der Waals surface area contributed by atoms with Gasteiger partial charge in [0.05, 0.1) is 5.56 Å². The lowest BCUT2D eigenvalue weighted by atomic mass is 9.97.